The van der Waals surface area contributed by atoms with Crippen molar-refractivity contribution in [2.75, 3.05) is 24.2 Å². The molecule has 7 heteroatoms. The number of methoxy groups -OCH3 is 1. The quantitative estimate of drug-likeness (QED) is 0.592. The highest BCUT2D eigenvalue weighted by atomic mass is 127. The summed E-state index contributed by atoms with van der Waals surface area (Å²) in [6.45, 7) is -0.324. The summed E-state index contributed by atoms with van der Waals surface area (Å²) in [5, 5.41) is 0. The molecular formula is C10H12INO4S. The zero-order chi connectivity index (χ0) is 13.1. The third-order valence-corrected chi connectivity index (χ3v) is 3.81. The first-order chi connectivity index (χ1) is 7.84. The molecule has 0 amide bonds. The first-order valence-corrected chi connectivity index (χ1v) is 7.57. The normalized spacial score (nSPS) is 11.0. The van der Waals surface area contributed by atoms with E-state index in [4.69, 9.17) is 0 Å². The predicted molar refractivity (Wildman–Crippen MR) is 73.4 cm³/mol. The molecule has 94 valence electrons. The number of carbonyl (C=O) groups is 1. The fraction of sp³-hybridized carbons (Fsp3) is 0.300. The highest BCUT2D eigenvalue weighted by Crippen LogP contribution is 2.19. The van der Waals surface area contributed by atoms with Crippen molar-refractivity contribution in [3.05, 3.63) is 27.8 Å². The van der Waals surface area contributed by atoms with Crippen molar-refractivity contribution in [1.29, 1.82) is 0 Å². The maximum atomic E-state index is 11.6. The highest BCUT2D eigenvalue weighted by molar-refractivity contribution is 14.1. The van der Waals surface area contributed by atoms with E-state index in [-0.39, 0.29) is 6.54 Å². The number of anilines is 1. The van der Waals surface area contributed by atoms with Gasteiger partial charge in [0.15, 0.2) is 0 Å². The van der Waals surface area contributed by atoms with E-state index < -0.39 is 16.0 Å². The molecule has 0 unspecified atom stereocenters. The first kappa shape index (κ1) is 14.2. The number of hydrogen-bond acceptors (Lipinski definition) is 4. The van der Waals surface area contributed by atoms with Gasteiger partial charge in [-0.1, -0.05) is 6.07 Å². The van der Waals surface area contributed by atoms with Gasteiger partial charge in [-0.25, -0.2) is 8.42 Å². The number of hydrogen-bond donors (Lipinski definition) is 0. The van der Waals surface area contributed by atoms with E-state index in [9.17, 15) is 13.2 Å². The zero-order valence-corrected chi connectivity index (χ0v) is 12.4. The summed E-state index contributed by atoms with van der Waals surface area (Å²) in [6.07, 6.45) is 1.05. The number of sulfonamides is 1. The predicted octanol–water partition coefficient (Wildman–Crippen LogP) is 1.23. The topological polar surface area (TPSA) is 63.7 Å². The van der Waals surface area contributed by atoms with Crippen LogP contribution in [0.15, 0.2) is 24.3 Å². The lowest BCUT2D eigenvalue weighted by molar-refractivity contribution is -0.138. The number of esters is 1. The summed E-state index contributed by atoms with van der Waals surface area (Å²) in [5.41, 5.74) is 0.449. The van der Waals surface area contributed by atoms with Crippen LogP contribution in [0.25, 0.3) is 0 Å². The van der Waals surface area contributed by atoms with E-state index >= 15 is 0 Å². The average Bonchev–Trinajstić information content (AvgIpc) is 2.23. The molecule has 1 rings (SSSR count). The summed E-state index contributed by atoms with van der Waals surface area (Å²) < 4.78 is 29.6. The molecule has 0 heterocycles. The Morgan fingerprint density at radius 3 is 2.59 bits per heavy atom. The van der Waals surface area contributed by atoms with Crippen molar-refractivity contribution in [1.82, 2.24) is 0 Å². The second-order valence-corrected chi connectivity index (χ2v) is 6.48. The number of rotatable bonds is 4. The Labute approximate surface area is 114 Å². The van der Waals surface area contributed by atoms with E-state index in [1.54, 1.807) is 18.2 Å². The van der Waals surface area contributed by atoms with Gasteiger partial charge < -0.3 is 4.74 Å². The Bertz CT molecular complexity index is 515. The SMILES string of the molecule is COC(=O)CN(c1cccc(I)c1)S(C)(=O)=O. The molecule has 1 aromatic carbocycles. The molecule has 5 nitrogen and oxygen atoms in total. The van der Waals surface area contributed by atoms with Crippen LogP contribution in [0.5, 0.6) is 0 Å². The Morgan fingerprint density at radius 1 is 1.47 bits per heavy atom. The van der Waals surface area contributed by atoms with Gasteiger partial charge in [-0.05, 0) is 40.8 Å². The molecular weight excluding hydrogens is 357 g/mol. The lowest BCUT2D eigenvalue weighted by Gasteiger charge is -2.21. The molecule has 0 aliphatic heterocycles. The van der Waals surface area contributed by atoms with Crippen LogP contribution in [0, 0.1) is 3.57 Å². The van der Waals surface area contributed by atoms with Gasteiger partial charge in [-0.2, -0.15) is 0 Å². The monoisotopic (exact) mass is 369 g/mol. The van der Waals surface area contributed by atoms with E-state index in [0.29, 0.717) is 5.69 Å². The van der Waals surface area contributed by atoms with Crippen LogP contribution < -0.4 is 4.31 Å². The zero-order valence-electron chi connectivity index (χ0n) is 9.38. The summed E-state index contributed by atoms with van der Waals surface area (Å²) in [7, 11) is -2.29. The minimum atomic E-state index is -3.51. The number of halogens is 1. The lowest BCUT2D eigenvalue weighted by atomic mass is 10.3. The van der Waals surface area contributed by atoms with Crippen molar-refractivity contribution in [3.8, 4) is 0 Å². The van der Waals surface area contributed by atoms with Crippen LogP contribution in [-0.2, 0) is 19.6 Å². The molecule has 0 aliphatic rings. The Morgan fingerprint density at radius 2 is 2.12 bits per heavy atom. The summed E-state index contributed by atoms with van der Waals surface area (Å²) in [5.74, 6) is -0.603. The summed E-state index contributed by atoms with van der Waals surface area (Å²) in [4.78, 5) is 11.2. The third kappa shape index (κ3) is 4.15. The van der Waals surface area contributed by atoms with Gasteiger partial charge in [0.05, 0.1) is 19.1 Å². The second-order valence-electron chi connectivity index (χ2n) is 3.33. The molecule has 0 aliphatic carbocycles. The van der Waals surface area contributed by atoms with Gasteiger partial charge in [0.25, 0.3) is 0 Å². The third-order valence-electron chi connectivity index (χ3n) is 2.00. The van der Waals surface area contributed by atoms with Gasteiger partial charge in [0.2, 0.25) is 10.0 Å². The number of benzene rings is 1. The fourth-order valence-electron chi connectivity index (χ4n) is 1.21. The molecule has 0 spiro atoms. The van der Waals surface area contributed by atoms with E-state index in [1.807, 2.05) is 6.07 Å². The van der Waals surface area contributed by atoms with Crippen molar-refractivity contribution >= 4 is 44.3 Å². The minimum absolute atomic E-state index is 0.324. The van der Waals surface area contributed by atoms with Gasteiger partial charge in [-0.3, -0.25) is 9.10 Å². The molecule has 17 heavy (non-hydrogen) atoms. The van der Waals surface area contributed by atoms with Gasteiger partial charge in [0, 0.05) is 3.57 Å². The largest absolute Gasteiger partial charge is 0.468 e. The van der Waals surface area contributed by atoms with Crippen LogP contribution in [0.1, 0.15) is 0 Å². The molecule has 0 aromatic heterocycles. The van der Waals surface area contributed by atoms with Gasteiger partial charge >= 0.3 is 5.97 Å². The highest BCUT2D eigenvalue weighted by Gasteiger charge is 2.21. The van der Waals surface area contributed by atoms with Crippen LogP contribution in [0.4, 0.5) is 5.69 Å². The summed E-state index contributed by atoms with van der Waals surface area (Å²) >= 11 is 2.07. The maximum Gasteiger partial charge on any atom is 0.326 e. The molecule has 0 atom stereocenters. The first-order valence-electron chi connectivity index (χ1n) is 4.64. The smallest absolute Gasteiger partial charge is 0.326 e. The standard InChI is InChI=1S/C10H12INO4S/c1-16-10(13)7-12(17(2,14)15)9-5-3-4-8(11)6-9/h3-6H,7H2,1-2H3. The number of nitrogens with zero attached hydrogens (tertiary/aromatic N) is 1. The second kappa shape index (κ2) is 5.67. The van der Waals surface area contributed by atoms with Crippen LogP contribution in [-0.4, -0.2) is 34.3 Å². The van der Waals surface area contributed by atoms with E-state index in [1.165, 1.54) is 7.11 Å². The molecule has 0 radical (unpaired) electrons. The molecule has 0 N–H and O–H groups in total. The van der Waals surface area contributed by atoms with Crippen molar-refractivity contribution in [3.63, 3.8) is 0 Å². The molecule has 0 saturated carbocycles. The molecule has 1 aromatic rings. The summed E-state index contributed by atoms with van der Waals surface area (Å²) in [6, 6.07) is 6.88. The van der Waals surface area contributed by atoms with Crippen molar-refractivity contribution in [2.24, 2.45) is 0 Å². The van der Waals surface area contributed by atoms with Crippen molar-refractivity contribution in [2.45, 2.75) is 0 Å². The Hall–Kier alpha value is -0.830. The molecule has 0 fully saturated rings. The lowest BCUT2D eigenvalue weighted by Crippen LogP contribution is -2.35. The van der Waals surface area contributed by atoms with E-state index in [2.05, 4.69) is 27.3 Å². The van der Waals surface area contributed by atoms with Crippen molar-refractivity contribution < 1.29 is 17.9 Å². The number of carbonyl (C=O) groups excluding carboxylic acids is 1. The average molecular weight is 369 g/mol. The Kier molecular flexibility index (Phi) is 4.75. The minimum Gasteiger partial charge on any atom is -0.468 e. The number of ether oxygens (including phenoxy) is 1. The fourth-order valence-corrected chi connectivity index (χ4v) is 2.58. The van der Waals surface area contributed by atoms with Gasteiger partial charge in [0.1, 0.15) is 6.54 Å². The van der Waals surface area contributed by atoms with E-state index in [0.717, 1.165) is 14.1 Å². The van der Waals surface area contributed by atoms with Crippen LogP contribution >= 0.6 is 22.6 Å². The Balaban J connectivity index is 3.12. The molecule has 0 bridgehead atoms. The maximum absolute atomic E-state index is 11.6. The van der Waals surface area contributed by atoms with Crippen LogP contribution in [0.3, 0.4) is 0 Å². The van der Waals surface area contributed by atoms with Gasteiger partial charge in [-0.15, -0.1) is 0 Å². The molecule has 0 saturated heterocycles. The van der Waals surface area contributed by atoms with Crippen LogP contribution in [0.2, 0.25) is 0 Å².